The number of fused-ring (bicyclic) bond motifs is 1. The predicted octanol–water partition coefficient (Wildman–Crippen LogP) is 0.135. The highest BCUT2D eigenvalue weighted by Crippen LogP contribution is 2.18. The van der Waals surface area contributed by atoms with E-state index in [0.29, 0.717) is 13.0 Å². The number of amides is 5. The van der Waals surface area contributed by atoms with E-state index in [1.165, 1.54) is 11.9 Å². The van der Waals surface area contributed by atoms with Gasteiger partial charge in [0, 0.05) is 13.6 Å². The van der Waals surface area contributed by atoms with Gasteiger partial charge in [-0.05, 0) is 30.5 Å². The molecule has 5 N–H and O–H groups in total. The highest BCUT2D eigenvalue weighted by Gasteiger charge is 2.30. The van der Waals surface area contributed by atoms with Gasteiger partial charge < -0.3 is 31.3 Å². The van der Waals surface area contributed by atoms with E-state index in [9.17, 15) is 24.0 Å². The number of ether oxygens (including phenoxy) is 1. The van der Waals surface area contributed by atoms with Crippen molar-refractivity contribution in [3.05, 3.63) is 65.7 Å². The summed E-state index contributed by atoms with van der Waals surface area (Å²) in [7, 11) is 1.50. The van der Waals surface area contributed by atoms with Crippen LogP contribution in [-0.2, 0) is 25.6 Å². The number of nitrogens with zero attached hydrogens (tertiary/aromatic N) is 1. The Hall–Kier alpha value is -4.41. The van der Waals surface area contributed by atoms with Gasteiger partial charge in [0.25, 0.3) is 5.91 Å². The van der Waals surface area contributed by atoms with Crippen molar-refractivity contribution in [2.75, 3.05) is 26.7 Å². The quantitative estimate of drug-likeness (QED) is 0.378. The third-order valence-corrected chi connectivity index (χ3v) is 6.03. The smallest absolute Gasteiger partial charge is 0.255 e. The number of primary amides is 1. The number of rotatable bonds is 7. The van der Waals surface area contributed by atoms with Crippen molar-refractivity contribution in [2.45, 2.75) is 37.8 Å². The molecule has 2 aromatic carbocycles. The van der Waals surface area contributed by atoms with Crippen molar-refractivity contribution in [2.24, 2.45) is 5.73 Å². The Kier molecular flexibility index (Phi) is 10.2. The number of nitrogens with one attached hydrogen (secondary N) is 3. The Morgan fingerprint density at radius 1 is 1.05 bits per heavy atom. The summed E-state index contributed by atoms with van der Waals surface area (Å²) < 4.78 is 5.74. The standard InChI is InChI=1S/C27H33N5O6/c1-32-14-15-38-22-12-6-5-11-19(22)25(35)31-20(17-24(34)30-21(27(32)37)16-23(28)33)26(36)29-13-7-10-18-8-3-2-4-9-18/h2-6,8-9,11-12,20-21H,7,10,13-17H2,1H3,(H2,28,33)(H,29,36)(H,30,34)(H,31,35)/t20-,21-/m0/s1. The van der Waals surface area contributed by atoms with Crippen LogP contribution in [0.2, 0.25) is 0 Å². The molecule has 5 amide bonds. The average Bonchev–Trinajstić information content (AvgIpc) is 2.89. The molecule has 0 radical (unpaired) electrons. The van der Waals surface area contributed by atoms with Gasteiger partial charge in [-0.15, -0.1) is 0 Å². The topological polar surface area (TPSA) is 160 Å². The monoisotopic (exact) mass is 523 g/mol. The zero-order valence-electron chi connectivity index (χ0n) is 21.3. The first-order valence-corrected chi connectivity index (χ1v) is 12.4. The van der Waals surface area contributed by atoms with E-state index in [1.54, 1.807) is 24.3 Å². The molecule has 1 aliphatic heterocycles. The summed E-state index contributed by atoms with van der Waals surface area (Å²) in [5, 5.41) is 7.87. The Morgan fingerprint density at radius 3 is 2.50 bits per heavy atom. The molecule has 0 bridgehead atoms. The molecule has 1 heterocycles. The first-order valence-electron chi connectivity index (χ1n) is 12.4. The summed E-state index contributed by atoms with van der Waals surface area (Å²) in [5.41, 5.74) is 6.60. The summed E-state index contributed by atoms with van der Waals surface area (Å²) in [6.07, 6.45) is 0.529. The summed E-state index contributed by atoms with van der Waals surface area (Å²) in [5.74, 6) is -2.87. The molecule has 0 unspecified atom stereocenters. The number of likely N-dealkylation sites (N-methyl/N-ethyl adjacent to an activating group) is 1. The molecule has 0 fully saturated rings. The lowest BCUT2D eigenvalue weighted by molar-refractivity contribution is -0.137. The first-order chi connectivity index (χ1) is 18.2. The second kappa shape index (κ2) is 13.8. The van der Waals surface area contributed by atoms with E-state index in [1.807, 2.05) is 30.3 Å². The van der Waals surface area contributed by atoms with Crippen molar-refractivity contribution in [1.82, 2.24) is 20.9 Å². The van der Waals surface area contributed by atoms with Gasteiger partial charge in [0.2, 0.25) is 23.6 Å². The predicted molar refractivity (Wildman–Crippen MR) is 139 cm³/mol. The molecule has 0 saturated carbocycles. The fraction of sp³-hybridized carbons (Fsp3) is 0.370. The van der Waals surface area contributed by atoms with Gasteiger partial charge in [0.15, 0.2) is 0 Å². The van der Waals surface area contributed by atoms with Gasteiger partial charge in [-0.2, -0.15) is 0 Å². The average molecular weight is 524 g/mol. The molecule has 3 rings (SSSR count). The van der Waals surface area contributed by atoms with E-state index < -0.39 is 54.5 Å². The minimum Gasteiger partial charge on any atom is -0.491 e. The molecule has 38 heavy (non-hydrogen) atoms. The maximum atomic E-state index is 13.1. The summed E-state index contributed by atoms with van der Waals surface area (Å²) in [4.78, 5) is 64.8. The van der Waals surface area contributed by atoms with Gasteiger partial charge in [0.1, 0.15) is 24.4 Å². The van der Waals surface area contributed by atoms with Crippen molar-refractivity contribution in [3.8, 4) is 5.75 Å². The first kappa shape index (κ1) is 28.2. The van der Waals surface area contributed by atoms with E-state index in [0.717, 1.165) is 12.0 Å². The molecule has 202 valence electrons. The molecule has 2 aromatic rings. The zero-order chi connectivity index (χ0) is 27.5. The zero-order valence-corrected chi connectivity index (χ0v) is 21.3. The Bertz CT molecular complexity index is 1160. The SMILES string of the molecule is CN1CCOc2ccccc2C(=O)N[C@H](C(=O)NCCCc2ccccc2)CC(=O)N[C@@H](CC(N)=O)C1=O. The van der Waals surface area contributed by atoms with Crippen LogP contribution in [0.15, 0.2) is 54.6 Å². The Morgan fingerprint density at radius 2 is 1.76 bits per heavy atom. The Labute approximate surface area is 221 Å². The van der Waals surface area contributed by atoms with Crippen LogP contribution in [0.25, 0.3) is 0 Å². The Balaban J connectivity index is 1.78. The van der Waals surface area contributed by atoms with Crippen molar-refractivity contribution in [1.29, 1.82) is 0 Å². The number of benzene rings is 2. The normalized spacial score (nSPS) is 18.8. The van der Waals surface area contributed by atoms with E-state index in [2.05, 4.69) is 16.0 Å². The van der Waals surface area contributed by atoms with Crippen LogP contribution in [0.1, 0.15) is 35.2 Å². The maximum Gasteiger partial charge on any atom is 0.255 e. The lowest BCUT2D eigenvalue weighted by atomic mass is 10.1. The third-order valence-electron chi connectivity index (χ3n) is 6.03. The molecular weight excluding hydrogens is 490 g/mol. The van der Waals surface area contributed by atoms with Gasteiger partial charge in [0.05, 0.1) is 24.9 Å². The summed E-state index contributed by atoms with van der Waals surface area (Å²) in [6.45, 7) is 0.512. The van der Waals surface area contributed by atoms with E-state index in [4.69, 9.17) is 10.5 Å². The highest BCUT2D eigenvalue weighted by molar-refractivity contribution is 6.01. The summed E-state index contributed by atoms with van der Waals surface area (Å²) >= 11 is 0. The number of para-hydroxylation sites is 1. The maximum absolute atomic E-state index is 13.1. The number of carbonyl (C=O) groups excluding carboxylic acids is 5. The number of nitrogens with two attached hydrogens (primary N) is 1. The second-order valence-corrected chi connectivity index (χ2v) is 9.01. The number of aryl methyl sites for hydroxylation is 1. The van der Waals surface area contributed by atoms with Crippen LogP contribution < -0.4 is 26.4 Å². The largest absolute Gasteiger partial charge is 0.491 e. The van der Waals surface area contributed by atoms with Crippen LogP contribution >= 0.6 is 0 Å². The van der Waals surface area contributed by atoms with Gasteiger partial charge in [-0.1, -0.05) is 42.5 Å². The molecule has 11 nitrogen and oxygen atoms in total. The molecule has 2 atom stereocenters. The minimum atomic E-state index is -1.24. The molecular formula is C27H33N5O6. The van der Waals surface area contributed by atoms with Crippen LogP contribution in [0.3, 0.4) is 0 Å². The number of carbonyl (C=O) groups is 5. The van der Waals surface area contributed by atoms with Crippen LogP contribution in [0.4, 0.5) is 0 Å². The van der Waals surface area contributed by atoms with Crippen LogP contribution in [0, 0.1) is 0 Å². The molecule has 1 aliphatic rings. The van der Waals surface area contributed by atoms with Gasteiger partial charge in [-0.25, -0.2) is 0 Å². The molecule has 0 spiro atoms. The molecule has 0 aliphatic carbocycles. The van der Waals surface area contributed by atoms with E-state index >= 15 is 0 Å². The lowest BCUT2D eigenvalue weighted by Gasteiger charge is -2.26. The highest BCUT2D eigenvalue weighted by atomic mass is 16.5. The lowest BCUT2D eigenvalue weighted by Crippen LogP contribution is -2.53. The molecule has 11 heteroatoms. The van der Waals surface area contributed by atoms with Crippen molar-refractivity contribution >= 4 is 29.5 Å². The van der Waals surface area contributed by atoms with E-state index in [-0.39, 0.29) is 24.5 Å². The molecule has 0 saturated heterocycles. The van der Waals surface area contributed by atoms with Crippen molar-refractivity contribution in [3.63, 3.8) is 0 Å². The van der Waals surface area contributed by atoms with Gasteiger partial charge >= 0.3 is 0 Å². The second-order valence-electron chi connectivity index (χ2n) is 9.01. The summed E-state index contributed by atoms with van der Waals surface area (Å²) in [6, 6.07) is 13.8. The fourth-order valence-corrected chi connectivity index (χ4v) is 4.01. The van der Waals surface area contributed by atoms with Crippen LogP contribution in [0.5, 0.6) is 5.75 Å². The number of hydrogen-bond donors (Lipinski definition) is 4. The fourth-order valence-electron chi connectivity index (χ4n) is 4.01. The van der Waals surface area contributed by atoms with Gasteiger partial charge in [-0.3, -0.25) is 24.0 Å². The molecule has 0 aromatic heterocycles. The van der Waals surface area contributed by atoms with Crippen LogP contribution in [-0.4, -0.2) is 73.3 Å². The third kappa shape index (κ3) is 8.32. The van der Waals surface area contributed by atoms with Crippen molar-refractivity contribution < 1.29 is 28.7 Å². The number of hydrogen-bond acceptors (Lipinski definition) is 6. The minimum absolute atomic E-state index is 0.0507.